The molecule has 0 bridgehead atoms. The first kappa shape index (κ1) is 18.7. The minimum atomic E-state index is -2.42. The molecule has 3 heteroatoms. The van der Waals surface area contributed by atoms with E-state index in [4.69, 9.17) is 4.43 Å². The van der Waals surface area contributed by atoms with Crippen molar-refractivity contribution >= 4 is 18.7 Å². The summed E-state index contributed by atoms with van der Waals surface area (Å²) in [4.78, 5) is 0. The highest BCUT2D eigenvalue weighted by molar-refractivity contribution is 6.99. The fourth-order valence-corrected chi connectivity index (χ4v) is 9.44. The fraction of sp³-hybridized carbons (Fsp3) is 0.417. The highest BCUT2D eigenvalue weighted by Gasteiger charge is 2.51. The van der Waals surface area contributed by atoms with E-state index in [9.17, 15) is 0 Å². The molecule has 1 N–H and O–H groups in total. The first-order valence-corrected chi connectivity index (χ1v) is 12.0. The molecule has 0 amide bonds. The number of hydrogen-bond donors (Lipinski definition) is 1. The van der Waals surface area contributed by atoms with Crippen molar-refractivity contribution in [2.45, 2.75) is 38.3 Å². The Morgan fingerprint density at radius 2 is 1.52 bits per heavy atom. The predicted molar refractivity (Wildman–Crippen MR) is 116 cm³/mol. The number of benzene rings is 2. The van der Waals surface area contributed by atoms with Crippen LogP contribution in [-0.4, -0.2) is 27.5 Å². The Balaban J connectivity index is 1.68. The number of piperidine rings is 1. The molecule has 2 fully saturated rings. The Morgan fingerprint density at radius 3 is 2.00 bits per heavy atom. The van der Waals surface area contributed by atoms with Crippen LogP contribution in [-0.2, 0) is 4.43 Å². The van der Waals surface area contributed by atoms with Gasteiger partial charge in [-0.15, -0.1) is 0 Å². The lowest BCUT2D eigenvalue weighted by Gasteiger charge is -2.44. The van der Waals surface area contributed by atoms with Gasteiger partial charge < -0.3 is 9.74 Å². The lowest BCUT2D eigenvalue weighted by atomic mass is 10.1. The predicted octanol–water partition coefficient (Wildman–Crippen LogP) is 3.73. The molecule has 0 radical (unpaired) electrons. The molecule has 1 aliphatic heterocycles. The molecule has 1 heterocycles. The molecule has 2 aromatic rings. The van der Waals surface area contributed by atoms with Gasteiger partial charge in [0.1, 0.15) is 0 Å². The van der Waals surface area contributed by atoms with Gasteiger partial charge in [0, 0.05) is 12.6 Å². The van der Waals surface area contributed by atoms with Crippen molar-refractivity contribution in [1.29, 1.82) is 0 Å². The topological polar surface area (TPSA) is 21.3 Å². The summed E-state index contributed by atoms with van der Waals surface area (Å²) < 4.78 is 7.05. The standard InChI is InChI=1S/C24H31NOSi/c1-18-22-15-19(25-16-23(18)22)17-26-27(24(2,3)4,20-11-7-5-8-12-20)21-13-9-6-10-14-21/h5-14,19,22-23,25H,1,15-17H2,2-4H3/t19?,22-,23+/m0/s1. The Morgan fingerprint density at radius 1 is 0.963 bits per heavy atom. The lowest BCUT2D eigenvalue weighted by Crippen LogP contribution is -2.67. The van der Waals surface area contributed by atoms with Crippen molar-refractivity contribution in [2.24, 2.45) is 11.8 Å². The van der Waals surface area contributed by atoms with Crippen molar-refractivity contribution < 1.29 is 4.43 Å². The molecule has 142 valence electrons. The van der Waals surface area contributed by atoms with Crippen molar-refractivity contribution in [1.82, 2.24) is 5.32 Å². The molecule has 4 rings (SSSR count). The molecule has 3 atom stereocenters. The van der Waals surface area contributed by atoms with Crippen LogP contribution in [0.2, 0.25) is 5.04 Å². The largest absolute Gasteiger partial charge is 0.406 e. The van der Waals surface area contributed by atoms with Crippen molar-refractivity contribution in [3.05, 3.63) is 72.8 Å². The van der Waals surface area contributed by atoms with Gasteiger partial charge in [-0.05, 0) is 33.7 Å². The molecule has 2 nitrogen and oxygen atoms in total. The van der Waals surface area contributed by atoms with Gasteiger partial charge in [0.2, 0.25) is 0 Å². The lowest BCUT2D eigenvalue weighted by molar-refractivity contribution is 0.223. The van der Waals surface area contributed by atoms with E-state index in [0.717, 1.165) is 19.1 Å². The van der Waals surface area contributed by atoms with Gasteiger partial charge in [0.05, 0.1) is 6.61 Å². The molecular weight excluding hydrogens is 346 g/mol. The second kappa shape index (κ2) is 7.05. The van der Waals surface area contributed by atoms with Crippen LogP contribution in [0.1, 0.15) is 27.2 Å². The fourth-order valence-electron chi connectivity index (χ4n) is 4.83. The molecule has 27 heavy (non-hydrogen) atoms. The van der Waals surface area contributed by atoms with Crippen LogP contribution < -0.4 is 15.7 Å². The molecule has 1 saturated heterocycles. The van der Waals surface area contributed by atoms with E-state index in [2.05, 4.69) is 93.3 Å². The summed E-state index contributed by atoms with van der Waals surface area (Å²) in [6.07, 6.45) is 1.17. The van der Waals surface area contributed by atoms with Gasteiger partial charge in [-0.2, -0.15) is 0 Å². The summed E-state index contributed by atoms with van der Waals surface area (Å²) in [6.45, 7) is 13.1. The third-order valence-electron chi connectivity index (χ3n) is 6.41. The highest BCUT2D eigenvalue weighted by atomic mass is 28.4. The van der Waals surface area contributed by atoms with Crippen LogP contribution in [0, 0.1) is 11.8 Å². The zero-order chi connectivity index (χ0) is 19.1. The molecule has 0 aromatic heterocycles. The maximum Gasteiger partial charge on any atom is 0.261 e. The van der Waals surface area contributed by atoms with E-state index < -0.39 is 8.32 Å². The van der Waals surface area contributed by atoms with Crippen LogP contribution in [0.4, 0.5) is 0 Å². The summed E-state index contributed by atoms with van der Waals surface area (Å²) in [6, 6.07) is 22.2. The van der Waals surface area contributed by atoms with E-state index in [1.165, 1.54) is 22.4 Å². The normalized spacial score (nSPS) is 25.1. The molecule has 1 unspecified atom stereocenters. The van der Waals surface area contributed by atoms with E-state index in [0.29, 0.717) is 12.0 Å². The van der Waals surface area contributed by atoms with Gasteiger partial charge in [-0.25, -0.2) is 0 Å². The SMILES string of the molecule is C=C1[C@H]2CNC(CO[Si](c3ccccc3)(c3ccccc3)C(C)(C)C)C[C@@H]12. The van der Waals surface area contributed by atoms with Crippen molar-refractivity contribution in [3.8, 4) is 0 Å². The number of rotatable bonds is 5. The number of fused-ring (bicyclic) bond motifs is 1. The Bertz CT molecular complexity index is 757. The third-order valence-corrected chi connectivity index (χ3v) is 11.4. The summed E-state index contributed by atoms with van der Waals surface area (Å²) in [5.74, 6) is 1.44. The van der Waals surface area contributed by atoms with E-state index >= 15 is 0 Å². The molecule has 2 aromatic carbocycles. The second-order valence-corrected chi connectivity index (χ2v) is 13.4. The maximum absolute atomic E-state index is 7.05. The first-order chi connectivity index (χ1) is 12.9. The van der Waals surface area contributed by atoms with Gasteiger partial charge in [-0.1, -0.05) is 93.6 Å². The zero-order valence-electron chi connectivity index (χ0n) is 16.7. The van der Waals surface area contributed by atoms with E-state index in [1.54, 1.807) is 0 Å². The molecule has 1 saturated carbocycles. The number of nitrogens with one attached hydrogen (secondary N) is 1. The van der Waals surface area contributed by atoms with E-state index in [1.807, 2.05) is 0 Å². The minimum Gasteiger partial charge on any atom is -0.406 e. The van der Waals surface area contributed by atoms with Crippen LogP contribution in [0.25, 0.3) is 0 Å². The Kier molecular flexibility index (Phi) is 4.87. The van der Waals surface area contributed by atoms with Crippen LogP contribution in [0.5, 0.6) is 0 Å². The van der Waals surface area contributed by atoms with Gasteiger partial charge in [0.15, 0.2) is 0 Å². The average Bonchev–Trinajstić information content (AvgIpc) is 3.32. The summed E-state index contributed by atoms with van der Waals surface area (Å²) in [5, 5.41) is 6.45. The molecule has 1 aliphatic carbocycles. The zero-order valence-corrected chi connectivity index (χ0v) is 17.7. The van der Waals surface area contributed by atoms with Crippen LogP contribution in [0.3, 0.4) is 0 Å². The number of hydrogen-bond acceptors (Lipinski definition) is 2. The first-order valence-electron chi connectivity index (χ1n) is 10.1. The maximum atomic E-state index is 7.05. The van der Waals surface area contributed by atoms with Gasteiger partial charge in [0.25, 0.3) is 8.32 Å². The van der Waals surface area contributed by atoms with Gasteiger partial charge >= 0.3 is 0 Å². The summed E-state index contributed by atoms with van der Waals surface area (Å²) >= 11 is 0. The monoisotopic (exact) mass is 377 g/mol. The van der Waals surface area contributed by atoms with Crippen molar-refractivity contribution in [3.63, 3.8) is 0 Å². The molecule has 0 spiro atoms. The Labute approximate surface area is 164 Å². The van der Waals surface area contributed by atoms with Crippen molar-refractivity contribution in [2.75, 3.05) is 13.2 Å². The smallest absolute Gasteiger partial charge is 0.261 e. The second-order valence-electron chi connectivity index (χ2n) is 9.10. The third kappa shape index (κ3) is 3.33. The van der Waals surface area contributed by atoms with Gasteiger partial charge in [-0.3, -0.25) is 0 Å². The molecular formula is C24H31NOSi. The average molecular weight is 378 g/mol. The Hall–Kier alpha value is -1.68. The van der Waals surface area contributed by atoms with Crippen LogP contribution in [0.15, 0.2) is 72.8 Å². The highest BCUT2D eigenvalue weighted by Crippen LogP contribution is 2.49. The molecule has 2 aliphatic rings. The van der Waals surface area contributed by atoms with E-state index in [-0.39, 0.29) is 5.04 Å². The quantitative estimate of drug-likeness (QED) is 0.633. The minimum absolute atomic E-state index is 0.0378. The summed E-state index contributed by atoms with van der Waals surface area (Å²) in [7, 11) is -2.42. The van der Waals surface area contributed by atoms with Crippen LogP contribution >= 0.6 is 0 Å². The summed E-state index contributed by atoms with van der Waals surface area (Å²) in [5.41, 5.74) is 1.44.